The average molecular weight is 544 g/mol. The molecule has 36 heavy (non-hydrogen) atoms. The lowest BCUT2D eigenvalue weighted by Gasteiger charge is -2.31. The number of nitrogens with one attached hydrogen (secondary N) is 1. The summed E-state index contributed by atoms with van der Waals surface area (Å²) in [6.07, 6.45) is 6.47. The number of hydrogen-bond acceptors (Lipinski definition) is 7. The van der Waals surface area contributed by atoms with E-state index in [1.165, 1.54) is 6.33 Å². The van der Waals surface area contributed by atoms with Crippen LogP contribution in [-0.2, 0) is 0 Å². The number of piperidine rings is 1. The number of nitrogens with two attached hydrogens (primary N) is 1. The lowest BCUT2D eigenvalue weighted by Crippen LogP contribution is -2.38. The zero-order chi connectivity index (χ0) is 24.6. The van der Waals surface area contributed by atoms with Gasteiger partial charge < -0.3 is 10.6 Å². The number of halogens is 1. The molecule has 0 unspecified atom stereocenters. The first-order valence-electron chi connectivity index (χ1n) is 11.6. The molecule has 1 aliphatic heterocycles. The molecular formula is C25H22BrN9O. The quantitative estimate of drug-likeness (QED) is 0.351. The van der Waals surface area contributed by atoms with E-state index in [2.05, 4.69) is 41.2 Å². The van der Waals surface area contributed by atoms with Gasteiger partial charge in [0.1, 0.15) is 12.1 Å². The minimum Gasteiger partial charge on any atom is -0.383 e. The summed E-state index contributed by atoms with van der Waals surface area (Å²) in [6, 6.07) is 14.1. The number of aromatic amines is 1. The second kappa shape index (κ2) is 9.15. The van der Waals surface area contributed by atoms with E-state index in [0.29, 0.717) is 24.6 Å². The van der Waals surface area contributed by atoms with Gasteiger partial charge in [0.15, 0.2) is 5.65 Å². The lowest BCUT2D eigenvalue weighted by atomic mass is 9.93. The SMILES string of the molecule is Nc1c(Br)c(C2CCN(C(=O)c3ncn[nH]3)CC2)nc2c(-c3ccc(-c4ccccc4)nc3)cnn12. The number of anilines is 1. The van der Waals surface area contributed by atoms with Crippen LogP contribution in [0.25, 0.3) is 28.0 Å². The van der Waals surface area contributed by atoms with Gasteiger partial charge in [-0.05, 0) is 34.8 Å². The topological polar surface area (TPSA) is 131 Å². The molecule has 10 nitrogen and oxygen atoms in total. The average Bonchev–Trinajstić information content (AvgIpc) is 3.62. The number of hydrogen-bond donors (Lipinski definition) is 2. The van der Waals surface area contributed by atoms with E-state index in [4.69, 9.17) is 10.7 Å². The normalized spacial score (nSPS) is 14.4. The predicted octanol–water partition coefficient (Wildman–Crippen LogP) is 3.94. The van der Waals surface area contributed by atoms with Crippen molar-refractivity contribution in [1.82, 2.24) is 39.7 Å². The number of benzene rings is 1. The van der Waals surface area contributed by atoms with Crippen molar-refractivity contribution in [2.24, 2.45) is 0 Å². The van der Waals surface area contributed by atoms with Gasteiger partial charge in [-0.25, -0.2) is 9.97 Å². The van der Waals surface area contributed by atoms with E-state index in [1.54, 1.807) is 15.6 Å². The van der Waals surface area contributed by atoms with Crippen LogP contribution < -0.4 is 5.73 Å². The van der Waals surface area contributed by atoms with Crippen molar-refractivity contribution in [3.63, 3.8) is 0 Å². The molecule has 0 aliphatic carbocycles. The van der Waals surface area contributed by atoms with Gasteiger partial charge in [0.2, 0.25) is 5.82 Å². The molecule has 1 saturated heterocycles. The van der Waals surface area contributed by atoms with Crippen LogP contribution in [0.3, 0.4) is 0 Å². The van der Waals surface area contributed by atoms with E-state index < -0.39 is 0 Å². The van der Waals surface area contributed by atoms with Gasteiger partial charge in [0.05, 0.1) is 22.1 Å². The number of rotatable bonds is 4. The molecule has 1 amide bonds. The van der Waals surface area contributed by atoms with E-state index in [9.17, 15) is 4.79 Å². The van der Waals surface area contributed by atoms with Crippen LogP contribution in [0.5, 0.6) is 0 Å². The Balaban J connectivity index is 1.29. The fourth-order valence-electron chi connectivity index (χ4n) is 4.63. The molecule has 1 fully saturated rings. The van der Waals surface area contributed by atoms with Crippen molar-refractivity contribution >= 4 is 33.3 Å². The maximum absolute atomic E-state index is 12.6. The number of pyridine rings is 1. The number of fused-ring (bicyclic) bond motifs is 1. The monoisotopic (exact) mass is 543 g/mol. The number of nitrogens with zero attached hydrogens (tertiary/aromatic N) is 7. The summed E-state index contributed by atoms with van der Waals surface area (Å²) in [5, 5.41) is 10.9. The highest BCUT2D eigenvalue weighted by Crippen LogP contribution is 2.37. The summed E-state index contributed by atoms with van der Waals surface area (Å²) in [5.74, 6) is 0.758. The van der Waals surface area contributed by atoms with Crippen molar-refractivity contribution in [3.05, 3.63) is 77.2 Å². The minimum atomic E-state index is -0.141. The molecule has 5 heterocycles. The Bertz CT molecular complexity index is 1520. The molecule has 5 aromatic rings. The highest BCUT2D eigenvalue weighted by Gasteiger charge is 2.29. The van der Waals surface area contributed by atoms with Crippen LogP contribution in [0, 0.1) is 0 Å². The van der Waals surface area contributed by atoms with Crippen molar-refractivity contribution in [1.29, 1.82) is 0 Å². The van der Waals surface area contributed by atoms with Crippen LogP contribution in [0.15, 0.2) is 65.7 Å². The third kappa shape index (κ3) is 3.91. The van der Waals surface area contributed by atoms with Crippen molar-refractivity contribution in [2.45, 2.75) is 18.8 Å². The molecule has 11 heteroatoms. The molecule has 180 valence electrons. The lowest BCUT2D eigenvalue weighted by molar-refractivity contribution is 0.0700. The van der Waals surface area contributed by atoms with Crippen LogP contribution in [0.1, 0.15) is 35.1 Å². The summed E-state index contributed by atoms with van der Waals surface area (Å²) >= 11 is 3.65. The number of likely N-dealkylation sites (tertiary alicyclic amines) is 1. The number of carbonyl (C=O) groups is 1. The summed E-state index contributed by atoms with van der Waals surface area (Å²) in [4.78, 5) is 28.0. The third-order valence-corrected chi connectivity index (χ3v) is 7.39. The molecule has 1 aromatic carbocycles. The fraction of sp³-hybridized carbons (Fsp3) is 0.200. The highest BCUT2D eigenvalue weighted by molar-refractivity contribution is 9.10. The van der Waals surface area contributed by atoms with Gasteiger partial charge in [-0.2, -0.15) is 14.7 Å². The van der Waals surface area contributed by atoms with Gasteiger partial charge in [0.25, 0.3) is 5.91 Å². The van der Waals surface area contributed by atoms with E-state index in [1.807, 2.05) is 48.7 Å². The Morgan fingerprint density at radius 3 is 2.53 bits per heavy atom. The van der Waals surface area contributed by atoms with E-state index >= 15 is 0 Å². The molecule has 4 aromatic heterocycles. The van der Waals surface area contributed by atoms with E-state index in [0.717, 1.165) is 45.4 Å². The minimum absolute atomic E-state index is 0.141. The Hall–Kier alpha value is -4.12. The first-order valence-corrected chi connectivity index (χ1v) is 12.4. The molecule has 0 spiro atoms. The number of amides is 1. The summed E-state index contributed by atoms with van der Waals surface area (Å²) < 4.78 is 2.39. The van der Waals surface area contributed by atoms with Crippen LogP contribution in [0.2, 0.25) is 0 Å². The molecule has 3 N–H and O–H groups in total. The van der Waals surface area contributed by atoms with E-state index in [-0.39, 0.29) is 17.6 Å². The molecule has 6 rings (SSSR count). The molecular weight excluding hydrogens is 522 g/mol. The number of aromatic nitrogens is 7. The van der Waals surface area contributed by atoms with Gasteiger partial charge in [0, 0.05) is 41.9 Å². The Morgan fingerprint density at radius 2 is 1.83 bits per heavy atom. The maximum atomic E-state index is 12.6. The smallest absolute Gasteiger partial charge is 0.291 e. The fourth-order valence-corrected chi connectivity index (χ4v) is 5.21. The van der Waals surface area contributed by atoms with Gasteiger partial charge >= 0.3 is 0 Å². The third-order valence-electron chi connectivity index (χ3n) is 6.58. The molecule has 1 aliphatic rings. The number of H-pyrrole nitrogens is 1. The van der Waals surface area contributed by atoms with Gasteiger partial charge in [-0.15, -0.1) is 0 Å². The van der Waals surface area contributed by atoms with Gasteiger partial charge in [-0.1, -0.05) is 36.4 Å². The number of carbonyl (C=O) groups excluding carboxylic acids is 1. The number of nitrogen functional groups attached to an aromatic ring is 1. The summed E-state index contributed by atoms with van der Waals surface area (Å²) in [5.41, 5.74) is 11.8. The highest BCUT2D eigenvalue weighted by atomic mass is 79.9. The van der Waals surface area contributed by atoms with Crippen molar-refractivity contribution in [3.8, 4) is 22.4 Å². The first kappa shape index (κ1) is 22.4. The van der Waals surface area contributed by atoms with Crippen LogP contribution >= 0.6 is 15.9 Å². The first-order chi connectivity index (χ1) is 17.6. The van der Waals surface area contributed by atoms with Crippen molar-refractivity contribution < 1.29 is 4.79 Å². The van der Waals surface area contributed by atoms with Gasteiger partial charge in [-0.3, -0.25) is 14.9 Å². The molecule has 0 radical (unpaired) electrons. The molecule has 0 atom stereocenters. The predicted molar refractivity (Wildman–Crippen MR) is 138 cm³/mol. The maximum Gasteiger partial charge on any atom is 0.291 e. The van der Waals surface area contributed by atoms with Crippen LogP contribution in [-0.4, -0.2) is 58.7 Å². The molecule has 0 saturated carbocycles. The molecule has 0 bridgehead atoms. The Kier molecular flexibility index (Phi) is 5.68. The van der Waals surface area contributed by atoms with Crippen LogP contribution in [0.4, 0.5) is 5.82 Å². The summed E-state index contributed by atoms with van der Waals surface area (Å²) in [6.45, 7) is 1.20. The largest absolute Gasteiger partial charge is 0.383 e. The zero-order valence-electron chi connectivity index (χ0n) is 19.2. The van der Waals surface area contributed by atoms with Crippen molar-refractivity contribution in [2.75, 3.05) is 18.8 Å². The summed E-state index contributed by atoms with van der Waals surface area (Å²) in [7, 11) is 0. The Morgan fingerprint density at radius 1 is 1.03 bits per heavy atom. The second-order valence-corrected chi connectivity index (χ2v) is 9.48. The standard InChI is InChI=1S/C25H22BrN9O/c26-20-21(16-8-10-34(11-9-16)25(36)23-29-14-30-33-23)32-24-18(13-31-35(24)22(20)27)17-6-7-19(28-12-17)15-4-2-1-3-5-15/h1-7,12-14,16H,8-11,27H2,(H,29,30,33). The zero-order valence-corrected chi connectivity index (χ0v) is 20.8. The Labute approximate surface area is 214 Å². The second-order valence-electron chi connectivity index (χ2n) is 8.69.